The summed E-state index contributed by atoms with van der Waals surface area (Å²) in [4.78, 5) is 25.1. The largest absolute Gasteiger partial charge is 0.497 e. The first-order valence-corrected chi connectivity index (χ1v) is 9.46. The molecule has 1 heterocycles. The molecule has 9 heteroatoms. The van der Waals surface area contributed by atoms with Crippen molar-refractivity contribution in [1.29, 1.82) is 0 Å². The van der Waals surface area contributed by atoms with E-state index in [1.54, 1.807) is 36.9 Å². The van der Waals surface area contributed by atoms with E-state index >= 15 is 0 Å². The summed E-state index contributed by atoms with van der Waals surface area (Å²) in [6.07, 6.45) is 0. The van der Waals surface area contributed by atoms with Crippen LogP contribution in [0.5, 0.6) is 11.5 Å². The number of hydrogen-bond donors (Lipinski definition) is 0. The van der Waals surface area contributed by atoms with E-state index in [0.717, 1.165) is 11.3 Å². The highest BCUT2D eigenvalue weighted by Gasteiger charge is 2.33. The number of non-ortho nitro benzene ring substituents is 1. The summed E-state index contributed by atoms with van der Waals surface area (Å²) < 4.78 is 10.6. The molecule has 0 aliphatic carbocycles. The maximum Gasteiger partial charge on any atom is 0.270 e. The molecule has 0 N–H and O–H groups in total. The Morgan fingerprint density at radius 2 is 1.89 bits per heavy atom. The van der Waals surface area contributed by atoms with Crippen molar-refractivity contribution < 1.29 is 19.2 Å². The fourth-order valence-corrected chi connectivity index (χ4v) is 4.36. The number of carbonyl (C=O) groups is 1. The Balaban J connectivity index is 1.93. The predicted octanol–water partition coefficient (Wildman–Crippen LogP) is 4.15. The summed E-state index contributed by atoms with van der Waals surface area (Å²) in [5, 5.41) is 10.7. The second-order valence-corrected chi connectivity index (χ2v) is 7.38. The predicted molar refractivity (Wildman–Crippen MR) is 104 cm³/mol. The molecule has 27 heavy (non-hydrogen) atoms. The van der Waals surface area contributed by atoms with Crippen molar-refractivity contribution >= 4 is 35.0 Å². The van der Waals surface area contributed by atoms with E-state index in [4.69, 9.17) is 21.1 Å². The zero-order valence-corrected chi connectivity index (χ0v) is 16.2. The standard InChI is InChI=1S/C18H17ClN2O5S/c1-25-13-7-11(8-14(10-13)26-2)18-20(5-6-27-18)17(22)15-4-3-12(21(23)24)9-16(15)19/h3-4,7-10,18H,5-6H2,1-2H3/t18-/m1/s1. The van der Waals surface area contributed by atoms with E-state index in [0.29, 0.717) is 18.0 Å². The fraction of sp³-hybridized carbons (Fsp3) is 0.278. The van der Waals surface area contributed by atoms with Gasteiger partial charge >= 0.3 is 0 Å². The van der Waals surface area contributed by atoms with Gasteiger partial charge in [-0.2, -0.15) is 0 Å². The third-order valence-corrected chi connectivity index (χ3v) is 5.78. The highest BCUT2D eigenvalue weighted by atomic mass is 35.5. The van der Waals surface area contributed by atoms with Gasteiger partial charge in [-0.3, -0.25) is 14.9 Å². The number of amides is 1. The monoisotopic (exact) mass is 408 g/mol. The van der Waals surface area contributed by atoms with Crippen molar-refractivity contribution in [1.82, 2.24) is 4.90 Å². The summed E-state index contributed by atoms with van der Waals surface area (Å²) in [6.45, 7) is 0.543. The molecule has 142 valence electrons. The number of thioether (sulfide) groups is 1. The van der Waals surface area contributed by atoms with E-state index in [2.05, 4.69) is 0 Å². The van der Waals surface area contributed by atoms with Gasteiger partial charge < -0.3 is 14.4 Å². The quantitative estimate of drug-likeness (QED) is 0.546. The van der Waals surface area contributed by atoms with Gasteiger partial charge in [0.2, 0.25) is 0 Å². The van der Waals surface area contributed by atoms with Crippen LogP contribution in [0.2, 0.25) is 5.02 Å². The highest BCUT2D eigenvalue weighted by Crippen LogP contribution is 2.42. The molecule has 1 atom stereocenters. The first-order chi connectivity index (χ1) is 12.9. The molecular weight excluding hydrogens is 392 g/mol. The zero-order valence-electron chi connectivity index (χ0n) is 14.7. The molecule has 0 saturated carbocycles. The molecule has 0 aromatic heterocycles. The van der Waals surface area contributed by atoms with Crippen LogP contribution in [0.3, 0.4) is 0 Å². The third kappa shape index (κ3) is 3.96. The lowest BCUT2D eigenvalue weighted by Crippen LogP contribution is -2.30. The van der Waals surface area contributed by atoms with Crippen LogP contribution in [0.4, 0.5) is 5.69 Å². The van der Waals surface area contributed by atoms with E-state index in [1.807, 2.05) is 12.1 Å². The Kier molecular flexibility index (Phi) is 5.76. The molecule has 3 rings (SSSR count). The van der Waals surface area contributed by atoms with Gasteiger partial charge in [0.1, 0.15) is 16.9 Å². The molecule has 0 radical (unpaired) electrons. The van der Waals surface area contributed by atoms with Gasteiger partial charge in [-0.1, -0.05) is 11.6 Å². The van der Waals surface area contributed by atoms with Crippen LogP contribution < -0.4 is 9.47 Å². The van der Waals surface area contributed by atoms with Crippen LogP contribution in [-0.4, -0.2) is 42.2 Å². The molecule has 1 fully saturated rings. The van der Waals surface area contributed by atoms with Crippen LogP contribution in [0.1, 0.15) is 21.3 Å². The molecule has 2 aromatic carbocycles. The third-order valence-electron chi connectivity index (χ3n) is 4.20. The number of halogens is 1. The number of methoxy groups -OCH3 is 2. The van der Waals surface area contributed by atoms with E-state index in [9.17, 15) is 14.9 Å². The van der Waals surface area contributed by atoms with Crippen molar-refractivity contribution in [3.8, 4) is 11.5 Å². The van der Waals surface area contributed by atoms with Gasteiger partial charge in [0.05, 0.1) is 29.7 Å². The molecule has 1 amide bonds. The van der Waals surface area contributed by atoms with E-state index in [-0.39, 0.29) is 27.6 Å². The Hall–Kier alpha value is -2.45. The Morgan fingerprint density at radius 3 is 2.44 bits per heavy atom. The average molecular weight is 409 g/mol. The van der Waals surface area contributed by atoms with E-state index < -0.39 is 4.92 Å². The van der Waals surface area contributed by atoms with Crippen LogP contribution in [0.25, 0.3) is 0 Å². The molecule has 1 aliphatic rings. The minimum atomic E-state index is -0.544. The molecule has 1 saturated heterocycles. The minimum Gasteiger partial charge on any atom is -0.497 e. The number of nitro benzene ring substituents is 1. The summed E-state index contributed by atoms with van der Waals surface area (Å²) >= 11 is 7.76. The summed E-state index contributed by atoms with van der Waals surface area (Å²) in [5.41, 5.74) is 0.964. The number of nitrogens with zero attached hydrogens (tertiary/aromatic N) is 2. The lowest BCUT2D eigenvalue weighted by Gasteiger charge is -2.25. The zero-order chi connectivity index (χ0) is 19.6. The van der Waals surface area contributed by atoms with Crippen LogP contribution in [0.15, 0.2) is 36.4 Å². The van der Waals surface area contributed by atoms with Crippen molar-refractivity contribution in [2.45, 2.75) is 5.37 Å². The van der Waals surface area contributed by atoms with Crippen LogP contribution in [-0.2, 0) is 0 Å². The second-order valence-electron chi connectivity index (χ2n) is 5.79. The lowest BCUT2D eigenvalue weighted by molar-refractivity contribution is -0.384. The number of benzene rings is 2. The van der Waals surface area contributed by atoms with Crippen molar-refractivity contribution in [2.24, 2.45) is 0 Å². The van der Waals surface area contributed by atoms with Crippen molar-refractivity contribution in [2.75, 3.05) is 26.5 Å². The number of ether oxygens (including phenoxy) is 2. The van der Waals surface area contributed by atoms with Crippen LogP contribution in [0, 0.1) is 10.1 Å². The van der Waals surface area contributed by atoms with Gasteiger partial charge in [0, 0.05) is 30.5 Å². The summed E-state index contributed by atoms with van der Waals surface area (Å²) in [5.74, 6) is 1.77. The Morgan fingerprint density at radius 1 is 1.22 bits per heavy atom. The number of hydrogen-bond acceptors (Lipinski definition) is 6. The second kappa shape index (κ2) is 8.06. The van der Waals surface area contributed by atoms with Gasteiger partial charge in [-0.15, -0.1) is 11.8 Å². The fourth-order valence-electron chi connectivity index (χ4n) is 2.87. The van der Waals surface area contributed by atoms with Gasteiger partial charge in [0.25, 0.3) is 11.6 Å². The van der Waals surface area contributed by atoms with E-state index in [1.165, 1.54) is 18.2 Å². The SMILES string of the molecule is COc1cc(OC)cc([C@H]2SCCN2C(=O)c2ccc([N+](=O)[O-])cc2Cl)c1. The molecule has 0 spiro atoms. The summed E-state index contributed by atoms with van der Waals surface area (Å²) in [6, 6.07) is 9.37. The molecular formula is C18H17ClN2O5S. The van der Waals surface area contributed by atoms with Crippen LogP contribution >= 0.6 is 23.4 Å². The molecule has 2 aromatic rings. The van der Waals surface area contributed by atoms with Gasteiger partial charge in [-0.05, 0) is 23.8 Å². The minimum absolute atomic E-state index is 0.0630. The maximum atomic E-state index is 13.0. The summed E-state index contributed by atoms with van der Waals surface area (Å²) in [7, 11) is 3.14. The lowest BCUT2D eigenvalue weighted by atomic mass is 10.1. The number of nitro groups is 1. The van der Waals surface area contributed by atoms with Crippen molar-refractivity contribution in [3.63, 3.8) is 0 Å². The first kappa shape index (κ1) is 19.3. The topological polar surface area (TPSA) is 81.9 Å². The van der Waals surface area contributed by atoms with Gasteiger partial charge in [-0.25, -0.2) is 0 Å². The maximum absolute atomic E-state index is 13.0. The average Bonchev–Trinajstić information content (AvgIpc) is 3.16. The normalized spacial score (nSPS) is 16.3. The molecule has 1 aliphatic heterocycles. The Labute approximate surface area is 165 Å². The number of rotatable bonds is 5. The number of carbonyl (C=O) groups excluding carboxylic acids is 1. The van der Waals surface area contributed by atoms with Gasteiger partial charge in [0.15, 0.2) is 0 Å². The molecule has 7 nitrogen and oxygen atoms in total. The smallest absolute Gasteiger partial charge is 0.270 e. The highest BCUT2D eigenvalue weighted by molar-refractivity contribution is 7.99. The first-order valence-electron chi connectivity index (χ1n) is 8.04. The van der Waals surface area contributed by atoms with Crippen molar-refractivity contribution in [3.05, 3.63) is 62.7 Å². The molecule has 0 unspecified atom stereocenters. The molecule has 0 bridgehead atoms. The Bertz CT molecular complexity index is 870.